The Balaban J connectivity index is 0.00000300. The summed E-state index contributed by atoms with van der Waals surface area (Å²) in [7, 11) is 3.89. The third-order valence-corrected chi connectivity index (χ3v) is 6.10. The first-order chi connectivity index (χ1) is 13.6. The number of hydrogen-bond donors (Lipinski definition) is 1. The fourth-order valence-corrected chi connectivity index (χ4v) is 4.52. The van der Waals surface area contributed by atoms with Gasteiger partial charge >= 0.3 is 0 Å². The van der Waals surface area contributed by atoms with Gasteiger partial charge in [-0.3, -0.25) is 9.67 Å². The number of nitrogens with one attached hydrogen (secondary N) is 1. The Morgan fingerprint density at radius 1 is 1.10 bits per heavy atom. The van der Waals surface area contributed by atoms with E-state index in [1.54, 1.807) is 0 Å². The molecule has 0 unspecified atom stereocenters. The lowest BCUT2D eigenvalue weighted by Gasteiger charge is -2.36. The summed E-state index contributed by atoms with van der Waals surface area (Å²) in [6, 6.07) is 0. The number of aromatic nitrogens is 4. The van der Waals surface area contributed by atoms with Crippen LogP contribution in [0.3, 0.4) is 0 Å². The van der Waals surface area contributed by atoms with E-state index in [0.717, 1.165) is 68.9 Å². The number of anilines is 1. The molecular weight excluding hydrogens is 499 g/mol. The molecule has 1 N–H and O–H groups in total. The van der Waals surface area contributed by atoms with Crippen molar-refractivity contribution in [2.24, 2.45) is 12.0 Å². The second-order valence-corrected chi connectivity index (χ2v) is 7.65. The first kappa shape index (κ1) is 23.8. The van der Waals surface area contributed by atoms with E-state index in [1.807, 2.05) is 18.8 Å². The van der Waals surface area contributed by atoms with Crippen LogP contribution < -0.4 is 10.2 Å². The molecule has 0 amide bonds. The topological polar surface area (TPSA) is 74.5 Å². The number of rotatable bonds is 6. The van der Waals surface area contributed by atoms with E-state index in [0.29, 0.717) is 0 Å². The van der Waals surface area contributed by atoms with Crippen molar-refractivity contribution >= 4 is 46.6 Å². The molecule has 29 heavy (non-hydrogen) atoms. The lowest BCUT2D eigenvalue weighted by Crippen LogP contribution is -2.52. The number of halogens is 1. The Hall–Kier alpha value is -1.43. The maximum atomic E-state index is 4.67. The van der Waals surface area contributed by atoms with E-state index in [-0.39, 0.29) is 24.0 Å². The molecule has 3 heterocycles. The Morgan fingerprint density at radius 2 is 1.83 bits per heavy atom. The van der Waals surface area contributed by atoms with Crippen LogP contribution in [0.15, 0.2) is 4.99 Å². The maximum Gasteiger partial charge on any atom is 0.205 e. The van der Waals surface area contributed by atoms with E-state index in [1.165, 1.54) is 28.5 Å². The molecule has 2 aromatic rings. The number of hydrogen-bond acceptors (Lipinski definition) is 6. The fourth-order valence-electron chi connectivity index (χ4n) is 3.72. The minimum absolute atomic E-state index is 0. The van der Waals surface area contributed by atoms with E-state index in [2.05, 4.69) is 55.3 Å². The van der Waals surface area contributed by atoms with Crippen LogP contribution in [-0.4, -0.2) is 63.2 Å². The lowest BCUT2D eigenvalue weighted by molar-refractivity contribution is 0.372. The first-order valence-electron chi connectivity index (χ1n) is 10.2. The molecule has 0 bridgehead atoms. The molecule has 2 aromatic heterocycles. The van der Waals surface area contributed by atoms with Crippen molar-refractivity contribution in [2.45, 2.75) is 46.6 Å². The zero-order chi connectivity index (χ0) is 20.1. The Morgan fingerprint density at radius 3 is 2.38 bits per heavy atom. The van der Waals surface area contributed by atoms with Gasteiger partial charge in [-0.05, 0) is 12.8 Å². The third kappa shape index (κ3) is 5.39. The van der Waals surface area contributed by atoms with Crippen molar-refractivity contribution in [1.29, 1.82) is 0 Å². The SMILES string of the molecule is CCc1nsc(N2CCN(C(=NC)NCc3c(CC)nn(C)c3CC)CC2)n1.I. The van der Waals surface area contributed by atoms with Crippen LogP contribution in [0.4, 0.5) is 5.13 Å². The Labute approximate surface area is 195 Å². The van der Waals surface area contributed by atoms with Gasteiger partial charge in [-0.2, -0.15) is 9.47 Å². The fraction of sp³-hybridized carbons (Fsp3) is 0.684. The van der Waals surface area contributed by atoms with E-state index in [9.17, 15) is 0 Å². The summed E-state index contributed by atoms with van der Waals surface area (Å²) in [5.41, 5.74) is 3.79. The van der Waals surface area contributed by atoms with Gasteiger partial charge in [-0.15, -0.1) is 24.0 Å². The van der Waals surface area contributed by atoms with Crippen molar-refractivity contribution in [2.75, 3.05) is 38.1 Å². The van der Waals surface area contributed by atoms with Gasteiger partial charge in [-0.1, -0.05) is 20.8 Å². The van der Waals surface area contributed by atoms with Crippen LogP contribution in [0.2, 0.25) is 0 Å². The van der Waals surface area contributed by atoms with Gasteiger partial charge < -0.3 is 15.1 Å². The summed E-state index contributed by atoms with van der Waals surface area (Å²) in [6.07, 6.45) is 2.82. The Kier molecular flexibility index (Phi) is 9.12. The van der Waals surface area contributed by atoms with Gasteiger partial charge in [0.25, 0.3) is 0 Å². The van der Waals surface area contributed by atoms with Crippen LogP contribution in [0.1, 0.15) is 43.5 Å². The van der Waals surface area contributed by atoms with Gasteiger partial charge in [0.15, 0.2) is 5.96 Å². The molecule has 3 rings (SSSR count). The van der Waals surface area contributed by atoms with Crippen molar-refractivity contribution < 1.29 is 0 Å². The molecule has 1 fully saturated rings. The molecule has 1 saturated heterocycles. The minimum atomic E-state index is 0. The monoisotopic (exact) mass is 532 g/mol. The molecule has 162 valence electrons. The molecule has 8 nitrogen and oxygen atoms in total. The number of guanidine groups is 1. The maximum absolute atomic E-state index is 4.67. The number of aliphatic imine (C=N–C) groups is 1. The summed E-state index contributed by atoms with van der Waals surface area (Å²) in [5, 5.41) is 9.28. The van der Waals surface area contributed by atoms with E-state index < -0.39 is 0 Å². The number of piperazine rings is 1. The van der Waals surface area contributed by atoms with Crippen molar-refractivity contribution in [3.8, 4) is 0 Å². The zero-order valence-corrected chi connectivity index (χ0v) is 21.3. The first-order valence-corrected chi connectivity index (χ1v) is 10.9. The predicted octanol–water partition coefficient (Wildman–Crippen LogP) is 2.47. The summed E-state index contributed by atoms with van der Waals surface area (Å²) >= 11 is 1.51. The highest BCUT2D eigenvalue weighted by atomic mass is 127. The highest BCUT2D eigenvalue weighted by Crippen LogP contribution is 2.19. The molecule has 0 aromatic carbocycles. The average molecular weight is 533 g/mol. The molecule has 0 aliphatic carbocycles. The molecule has 10 heteroatoms. The van der Waals surface area contributed by atoms with Crippen molar-refractivity contribution in [3.63, 3.8) is 0 Å². The van der Waals surface area contributed by atoms with Crippen LogP contribution in [-0.2, 0) is 32.9 Å². The Bertz CT molecular complexity index is 807. The second-order valence-electron chi connectivity index (χ2n) is 6.92. The van der Waals surface area contributed by atoms with Crippen molar-refractivity contribution in [3.05, 3.63) is 22.8 Å². The minimum Gasteiger partial charge on any atom is -0.352 e. The number of aryl methyl sites for hydroxylation is 3. The van der Waals surface area contributed by atoms with Crippen LogP contribution in [0.5, 0.6) is 0 Å². The van der Waals surface area contributed by atoms with Gasteiger partial charge in [0.2, 0.25) is 5.13 Å². The largest absolute Gasteiger partial charge is 0.352 e. The van der Waals surface area contributed by atoms with E-state index in [4.69, 9.17) is 0 Å². The lowest BCUT2D eigenvalue weighted by atomic mass is 10.1. The van der Waals surface area contributed by atoms with Crippen LogP contribution >= 0.6 is 35.5 Å². The summed E-state index contributed by atoms with van der Waals surface area (Å²) in [6.45, 7) is 10.9. The van der Waals surface area contributed by atoms with Gasteiger partial charge in [0.1, 0.15) is 5.82 Å². The standard InChI is InChI=1S/C19H32N8S.HI/c1-6-15-14(16(7-2)25(5)23-15)13-21-18(20-4)26-9-11-27(12-10-26)19-22-17(8-3)24-28-19;/h6-13H2,1-5H3,(H,20,21);1H. The van der Waals surface area contributed by atoms with E-state index >= 15 is 0 Å². The summed E-state index contributed by atoms with van der Waals surface area (Å²) < 4.78 is 6.43. The molecule has 1 aliphatic rings. The molecule has 0 radical (unpaired) electrons. The molecule has 0 atom stereocenters. The summed E-state index contributed by atoms with van der Waals surface area (Å²) in [5.74, 6) is 1.90. The molecule has 0 spiro atoms. The molecular formula is C19H33IN8S. The van der Waals surface area contributed by atoms with Gasteiger partial charge in [0, 0.05) is 76.0 Å². The van der Waals surface area contributed by atoms with Gasteiger partial charge in [0.05, 0.1) is 5.69 Å². The summed E-state index contributed by atoms with van der Waals surface area (Å²) in [4.78, 5) is 13.8. The van der Waals surface area contributed by atoms with Crippen LogP contribution in [0, 0.1) is 0 Å². The quantitative estimate of drug-likeness (QED) is 0.350. The number of nitrogens with zero attached hydrogens (tertiary/aromatic N) is 7. The highest BCUT2D eigenvalue weighted by Gasteiger charge is 2.22. The zero-order valence-electron chi connectivity index (χ0n) is 18.1. The molecule has 1 aliphatic heterocycles. The normalized spacial score (nSPS) is 14.9. The smallest absolute Gasteiger partial charge is 0.205 e. The van der Waals surface area contributed by atoms with Crippen LogP contribution in [0.25, 0.3) is 0 Å². The van der Waals surface area contributed by atoms with Gasteiger partial charge in [-0.25, -0.2) is 4.98 Å². The second kappa shape index (κ2) is 11.1. The highest BCUT2D eigenvalue weighted by molar-refractivity contribution is 14.0. The average Bonchev–Trinajstić information content (AvgIpc) is 3.33. The molecule has 0 saturated carbocycles. The van der Waals surface area contributed by atoms with Crippen molar-refractivity contribution in [1.82, 2.24) is 29.4 Å². The third-order valence-electron chi connectivity index (χ3n) is 5.29. The predicted molar refractivity (Wildman–Crippen MR) is 131 cm³/mol.